The maximum Gasteiger partial charge on any atom is 0.254 e. The minimum Gasteiger partial charge on any atom is -0.334 e. The van der Waals surface area contributed by atoms with E-state index in [1.165, 1.54) is 6.07 Å². The van der Waals surface area contributed by atoms with Gasteiger partial charge in [0, 0.05) is 29.4 Å². The first-order chi connectivity index (χ1) is 15.7. The van der Waals surface area contributed by atoms with Crippen molar-refractivity contribution >= 4 is 39.1 Å². The Bertz CT molecular complexity index is 1330. The van der Waals surface area contributed by atoms with E-state index in [1.54, 1.807) is 59.5 Å². The number of carbonyl (C=O) groups excluding carboxylic acids is 2. The van der Waals surface area contributed by atoms with Crippen LogP contribution in [0.25, 0.3) is 0 Å². The topological polar surface area (TPSA) is 110 Å². The van der Waals surface area contributed by atoms with Gasteiger partial charge in [-0.3, -0.25) is 9.59 Å². The Morgan fingerprint density at radius 3 is 2.42 bits per heavy atom. The summed E-state index contributed by atoms with van der Waals surface area (Å²) in [7, 11) is -4.03. The number of hydrogen-bond acceptors (Lipinski definition) is 4. The standard InChI is InChI=1S/C24H22ClN3O4S/c25-21-9-5-4-8-17(21)13-23(29)27-19-12-18-15-28(24(30)16-6-2-1-3-7-16)11-10-20(18)22(14-19)33(26,31)32/h1-9,12,14H,10-11,13,15H2,(H,27,29)(H2,26,31,32). The number of nitrogens with two attached hydrogens (primary N) is 1. The number of fused-ring (bicyclic) bond motifs is 1. The van der Waals surface area contributed by atoms with Crippen LogP contribution in [0, 0.1) is 0 Å². The first kappa shape index (κ1) is 23.0. The molecule has 0 atom stereocenters. The zero-order valence-corrected chi connectivity index (χ0v) is 19.2. The molecular formula is C24H22ClN3O4S. The SMILES string of the molecule is NS(=O)(=O)c1cc(NC(=O)Cc2ccccc2Cl)cc2c1CCN(C(=O)c1ccccc1)C2. The molecule has 170 valence electrons. The number of carbonyl (C=O) groups is 2. The van der Waals surface area contributed by atoms with Gasteiger partial charge in [0.2, 0.25) is 15.9 Å². The van der Waals surface area contributed by atoms with Gasteiger partial charge in [-0.15, -0.1) is 0 Å². The number of sulfonamides is 1. The first-order valence-corrected chi connectivity index (χ1v) is 12.2. The molecule has 0 saturated carbocycles. The molecule has 3 aromatic rings. The molecule has 7 nitrogen and oxygen atoms in total. The molecule has 4 rings (SSSR count). The number of hydrogen-bond donors (Lipinski definition) is 2. The van der Waals surface area contributed by atoms with E-state index in [4.69, 9.17) is 16.7 Å². The fourth-order valence-electron chi connectivity index (χ4n) is 3.94. The molecule has 0 aliphatic carbocycles. The highest BCUT2D eigenvalue weighted by molar-refractivity contribution is 7.89. The third kappa shape index (κ3) is 5.24. The predicted octanol–water partition coefficient (Wildman–Crippen LogP) is 3.37. The molecule has 33 heavy (non-hydrogen) atoms. The number of benzene rings is 3. The monoisotopic (exact) mass is 483 g/mol. The summed E-state index contributed by atoms with van der Waals surface area (Å²) in [5, 5.41) is 8.68. The summed E-state index contributed by atoms with van der Waals surface area (Å²) >= 11 is 6.13. The molecule has 0 aromatic heterocycles. The van der Waals surface area contributed by atoms with E-state index in [-0.39, 0.29) is 29.7 Å². The van der Waals surface area contributed by atoms with Crippen LogP contribution in [-0.4, -0.2) is 31.7 Å². The number of nitrogens with one attached hydrogen (secondary N) is 1. The van der Waals surface area contributed by atoms with Crippen molar-refractivity contribution < 1.29 is 18.0 Å². The second-order valence-electron chi connectivity index (χ2n) is 7.82. The lowest BCUT2D eigenvalue weighted by Gasteiger charge is -2.30. The van der Waals surface area contributed by atoms with Gasteiger partial charge in [0.1, 0.15) is 0 Å². The zero-order chi connectivity index (χ0) is 23.6. The Hall–Kier alpha value is -3.20. The summed E-state index contributed by atoms with van der Waals surface area (Å²) in [5.41, 5.74) is 2.70. The normalized spacial score (nSPS) is 13.3. The Balaban J connectivity index is 1.62. The average molecular weight is 484 g/mol. The van der Waals surface area contributed by atoms with Crippen LogP contribution in [-0.2, 0) is 34.2 Å². The molecule has 3 aromatic carbocycles. The average Bonchev–Trinajstić information content (AvgIpc) is 2.79. The number of halogens is 1. The van der Waals surface area contributed by atoms with Crippen LogP contribution in [0.5, 0.6) is 0 Å². The van der Waals surface area contributed by atoms with Crippen LogP contribution in [0.1, 0.15) is 27.0 Å². The lowest BCUT2D eigenvalue weighted by Crippen LogP contribution is -2.37. The molecule has 0 spiro atoms. The molecule has 0 unspecified atom stereocenters. The van der Waals surface area contributed by atoms with Crippen molar-refractivity contribution in [2.75, 3.05) is 11.9 Å². The second-order valence-corrected chi connectivity index (χ2v) is 9.75. The van der Waals surface area contributed by atoms with Crippen molar-refractivity contribution in [1.82, 2.24) is 4.90 Å². The van der Waals surface area contributed by atoms with E-state index >= 15 is 0 Å². The van der Waals surface area contributed by atoms with Crippen molar-refractivity contribution in [2.24, 2.45) is 5.14 Å². The van der Waals surface area contributed by atoms with Gasteiger partial charge in [-0.25, -0.2) is 13.6 Å². The smallest absolute Gasteiger partial charge is 0.254 e. The molecule has 1 aliphatic heterocycles. The molecule has 9 heteroatoms. The maximum absolute atomic E-state index is 12.9. The van der Waals surface area contributed by atoms with Crippen LogP contribution in [0.15, 0.2) is 71.6 Å². The quantitative estimate of drug-likeness (QED) is 0.579. The van der Waals surface area contributed by atoms with Gasteiger partial charge in [-0.1, -0.05) is 48.0 Å². The van der Waals surface area contributed by atoms with Crippen molar-refractivity contribution in [2.45, 2.75) is 24.3 Å². The largest absolute Gasteiger partial charge is 0.334 e. The molecule has 0 saturated heterocycles. The van der Waals surface area contributed by atoms with E-state index in [1.807, 2.05) is 6.07 Å². The number of rotatable bonds is 5. The highest BCUT2D eigenvalue weighted by Crippen LogP contribution is 2.30. The van der Waals surface area contributed by atoms with Gasteiger partial charge in [0.05, 0.1) is 11.3 Å². The van der Waals surface area contributed by atoms with Crippen molar-refractivity contribution in [1.29, 1.82) is 0 Å². The molecule has 0 bridgehead atoms. The second kappa shape index (κ2) is 9.35. The molecule has 2 amide bonds. The summed E-state index contributed by atoms with van der Waals surface area (Å²) in [5.74, 6) is -0.497. The number of anilines is 1. The van der Waals surface area contributed by atoms with E-state index in [2.05, 4.69) is 5.32 Å². The third-order valence-corrected chi connectivity index (χ3v) is 6.85. The highest BCUT2D eigenvalue weighted by atomic mass is 35.5. The third-order valence-electron chi connectivity index (χ3n) is 5.50. The molecule has 1 aliphatic rings. The summed E-state index contributed by atoms with van der Waals surface area (Å²) in [4.78, 5) is 27.1. The van der Waals surface area contributed by atoms with Gasteiger partial charge in [0.25, 0.3) is 5.91 Å². The summed E-state index contributed by atoms with van der Waals surface area (Å²) in [6.07, 6.45) is 0.369. The lowest BCUT2D eigenvalue weighted by atomic mass is 9.98. The Morgan fingerprint density at radius 1 is 1.03 bits per heavy atom. The summed E-state index contributed by atoms with van der Waals surface area (Å²) < 4.78 is 24.6. The predicted molar refractivity (Wildman–Crippen MR) is 126 cm³/mol. The Morgan fingerprint density at radius 2 is 1.73 bits per heavy atom. The van der Waals surface area contributed by atoms with Crippen molar-refractivity contribution in [3.05, 3.63) is 94.0 Å². The highest BCUT2D eigenvalue weighted by Gasteiger charge is 2.27. The van der Waals surface area contributed by atoms with E-state index < -0.39 is 10.0 Å². The molecule has 1 heterocycles. The van der Waals surface area contributed by atoms with E-state index in [0.717, 1.165) is 0 Å². The minimum absolute atomic E-state index is 0.0279. The van der Waals surface area contributed by atoms with Crippen LogP contribution < -0.4 is 10.5 Å². The molecule has 0 radical (unpaired) electrons. The summed E-state index contributed by atoms with van der Waals surface area (Å²) in [6, 6.07) is 18.9. The van der Waals surface area contributed by atoms with Crippen LogP contribution in [0.2, 0.25) is 5.02 Å². The number of nitrogens with zero attached hydrogens (tertiary/aromatic N) is 1. The zero-order valence-electron chi connectivity index (χ0n) is 17.6. The number of primary sulfonamides is 1. The molecule has 0 fully saturated rings. The minimum atomic E-state index is -4.03. The van der Waals surface area contributed by atoms with Crippen molar-refractivity contribution in [3.63, 3.8) is 0 Å². The Labute approximate surface area is 197 Å². The van der Waals surface area contributed by atoms with Crippen LogP contribution in [0.3, 0.4) is 0 Å². The lowest BCUT2D eigenvalue weighted by molar-refractivity contribution is -0.115. The van der Waals surface area contributed by atoms with E-state index in [0.29, 0.717) is 45.9 Å². The Kier molecular flexibility index (Phi) is 6.51. The van der Waals surface area contributed by atoms with Gasteiger partial charge in [-0.05, 0) is 53.4 Å². The molecular weight excluding hydrogens is 462 g/mol. The van der Waals surface area contributed by atoms with Crippen LogP contribution >= 0.6 is 11.6 Å². The van der Waals surface area contributed by atoms with Gasteiger partial charge in [0.15, 0.2) is 0 Å². The van der Waals surface area contributed by atoms with Crippen molar-refractivity contribution in [3.8, 4) is 0 Å². The fraction of sp³-hybridized carbons (Fsp3) is 0.167. The van der Waals surface area contributed by atoms with Gasteiger partial charge >= 0.3 is 0 Å². The summed E-state index contributed by atoms with van der Waals surface area (Å²) in [6.45, 7) is 0.571. The van der Waals surface area contributed by atoms with E-state index in [9.17, 15) is 18.0 Å². The van der Waals surface area contributed by atoms with Gasteiger partial charge in [-0.2, -0.15) is 0 Å². The van der Waals surface area contributed by atoms with Crippen LogP contribution in [0.4, 0.5) is 5.69 Å². The molecule has 3 N–H and O–H groups in total. The fourth-order valence-corrected chi connectivity index (χ4v) is 5.01. The van der Waals surface area contributed by atoms with Gasteiger partial charge < -0.3 is 10.2 Å². The number of amides is 2. The maximum atomic E-state index is 12.9. The first-order valence-electron chi connectivity index (χ1n) is 10.3.